The van der Waals surface area contributed by atoms with Crippen molar-refractivity contribution in [1.82, 2.24) is 24.4 Å². The standard InChI is InChI=1S/C30H36FN7O3/c1-21(2)35(3)30(39)41-20-40-27-13-16-32-28(34-27)36(4)24-14-17-37(18-15-24)29-33-25-7-5-6-8-26(25)38(29)19-22-9-11-23(31)12-10-22/h5-13,16,21,24H,14-15,17-20H2,1-4H3. The van der Waals surface area contributed by atoms with Gasteiger partial charge in [0.1, 0.15) is 5.82 Å². The zero-order valence-electron chi connectivity index (χ0n) is 23.9. The van der Waals surface area contributed by atoms with Crippen molar-refractivity contribution in [1.29, 1.82) is 0 Å². The van der Waals surface area contributed by atoms with Crippen molar-refractivity contribution < 1.29 is 18.7 Å². The lowest BCUT2D eigenvalue weighted by molar-refractivity contribution is 0.0327. The number of ether oxygens (including phenoxy) is 2. The first-order valence-corrected chi connectivity index (χ1v) is 13.8. The molecule has 4 aromatic rings. The maximum atomic E-state index is 13.5. The lowest BCUT2D eigenvalue weighted by Crippen LogP contribution is -2.44. The highest BCUT2D eigenvalue weighted by Crippen LogP contribution is 2.28. The minimum Gasteiger partial charge on any atom is -0.440 e. The van der Waals surface area contributed by atoms with Crippen LogP contribution in [0.15, 0.2) is 60.8 Å². The summed E-state index contributed by atoms with van der Waals surface area (Å²) < 4.78 is 26.5. The van der Waals surface area contributed by atoms with Gasteiger partial charge in [-0.3, -0.25) is 0 Å². The zero-order chi connectivity index (χ0) is 28.9. The first kappa shape index (κ1) is 28.1. The Balaban J connectivity index is 1.22. The van der Waals surface area contributed by atoms with Crippen molar-refractivity contribution in [2.75, 3.05) is 43.8 Å². The van der Waals surface area contributed by atoms with Crippen LogP contribution in [0.5, 0.6) is 5.88 Å². The van der Waals surface area contributed by atoms with Crippen LogP contribution in [0.1, 0.15) is 32.3 Å². The fourth-order valence-corrected chi connectivity index (χ4v) is 4.88. The molecule has 2 aromatic heterocycles. The summed E-state index contributed by atoms with van der Waals surface area (Å²) in [6.45, 7) is 5.83. The molecular weight excluding hydrogens is 525 g/mol. The average Bonchev–Trinajstić information content (AvgIpc) is 3.35. The molecule has 0 atom stereocenters. The topological polar surface area (TPSA) is 88.9 Å². The number of imidazole rings is 1. The molecule has 0 radical (unpaired) electrons. The molecule has 0 N–H and O–H groups in total. The summed E-state index contributed by atoms with van der Waals surface area (Å²) in [7, 11) is 3.66. The van der Waals surface area contributed by atoms with Crippen molar-refractivity contribution in [3.05, 3.63) is 72.2 Å². The van der Waals surface area contributed by atoms with E-state index in [4.69, 9.17) is 14.5 Å². The largest absolute Gasteiger partial charge is 0.440 e. The van der Waals surface area contributed by atoms with Crippen molar-refractivity contribution in [3.63, 3.8) is 0 Å². The number of halogens is 1. The number of rotatable bonds is 9. The minimum atomic E-state index is -0.454. The van der Waals surface area contributed by atoms with Crippen molar-refractivity contribution in [2.45, 2.75) is 45.3 Å². The Kier molecular flexibility index (Phi) is 8.51. The van der Waals surface area contributed by atoms with Crippen molar-refractivity contribution >= 4 is 29.0 Å². The summed E-state index contributed by atoms with van der Waals surface area (Å²) in [5.74, 6) is 1.57. The quantitative estimate of drug-likeness (QED) is 0.266. The molecule has 3 heterocycles. The molecule has 1 amide bonds. The number of carbonyl (C=O) groups excluding carboxylic acids is 1. The molecule has 10 nitrogen and oxygen atoms in total. The lowest BCUT2D eigenvalue weighted by atomic mass is 10.0. The maximum Gasteiger partial charge on any atom is 0.412 e. The molecule has 41 heavy (non-hydrogen) atoms. The Labute approximate surface area is 239 Å². The summed E-state index contributed by atoms with van der Waals surface area (Å²) >= 11 is 0. The second-order valence-electron chi connectivity index (χ2n) is 10.5. The first-order valence-electron chi connectivity index (χ1n) is 13.8. The van der Waals surface area contributed by atoms with E-state index in [9.17, 15) is 9.18 Å². The minimum absolute atomic E-state index is 0.0298. The van der Waals surface area contributed by atoms with Crippen molar-refractivity contribution in [2.24, 2.45) is 0 Å². The Morgan fingerprint density at radius 1 is 1.05 bits per heavy atom. The molecule has 0 bridgehead atoms. The second-order valence-corrected chi connectivity index (χ2v) is 10.5. The second kappa shape index (κ2) is 12.4. The monoisotopic (exact) mass is 561 g/mol. The molecule has 0 spiro atoms. The number of amides is 1. The average molecular weight is 562 g/mol. The Morgan fingerprint density at radius 2 is 1.78 bits per heavy atom. The van der Waals surface area contributed by atoms with Crippen molar-refractivity contribution in [3.8, 4) is 5.88 Å². The number of nitrogens with zero attached hydrogens (tertiary/aromatic N) is 7. The van der Waals surface area contributed by atoms with E-state index in [0.29, 0.717) is 18.4 Å². The Morgan fingerprint density at radius 3 is 2.51 bits per heavy atom. The van der Waals surface area contributed by atoms with Gasteiger partial charge >= 0.3 is 6.09 Å². The molecule has 216 valence electrons. The van der Waals surface area contributed by atoms with Gasteiger partial charge in [0.25, 0.3) is 0 Å². The third-order valence-corrected chi connectivity index (χ3v) is 7.57. The Bertz CT molecular complexity index is 1470. The zero-order valence-corrected chi connectivity index (χ0v) is 23.9. The molecule has 0 aliphatic carbocycles. The van der Waals surface area contributed by atoms with E-state index in [1.807, 2.05) is 51.2 Å². The summed E-state index contributed by atoms with van der Waals surface area (Å²) in [5, 5.41) is 0. The number of aromatic nitrogens is 4. The van der Waals surface area contributed by atoms with Crippen LogP contribution in [0.4, 0.5) is 21.1 Å². The van der Waals surface area contributed by atoms with Gasteiger partial charge in [0.05, 0.1) is 17.6 Å². The van der Waals surface area contributed by atoms with E-state index in [0.717, 1.165) is 48.5 Å². The van der Waals surface area contributed by atoms with Gasteiger partial charge in [-0.1, -0.05) is 24.3 Å². The predicted octanol–water partition coefficient (Wildman–Crippen LogP) is 4.93. The maximum absolute atomic E-state index is 13.5. The van der Waals surface area contributed by atoms with Gasteiger partial charge in [-0.05, 0) is 56.5 Å². The highest BCUT2D eigenvalue weighted by Gasteiger charge is 2.27. The molecule has 1 fully saturated rings. The molecule has 1 aliphatic heterocycles. The molecular formula is C30H36FN7O3. The van der Waals surface area contributed by atoms with Gasteiger partial charge in [-0.25, -0.2) is 19.2 Å². The highest BCUT2D eigenvalue weighted by atomic mass is 19.1. The predicted molar refractivity (Wildman–Crippen MR) is 156 cm³/mol. The summed E-state index contributed by atoms with van der Waals surface area (Å²) in [6.07, 6.45) is 2.97. The van der Waals surface area contributed by atoms with E-state index in [1.54, 1.807) is 19.3 Å². The fourth-order valence-electron chi connectivity index (χ4n) is 4.88. The van der Waals surface area contributed by atoms with Gasteiger partial charge < -0.3 is 28.7 Å². The molecule has 0 unspecified atom stereocenters. The van der Waals surface area contributed by atoms with Gasteiger partial charge in [0.15, 0.2) is 0 Å². The summed E-state index contributed by atoms with van der Waals surface area (Å²) in [5.41, 5.74) is 3.01. The van der Waals surface area contributed by atoms with Crippen LogP contribution in [0, 0.1) is 5.82 Å². The molecule has 11 heteroatoms. The molecule has 1 saturated heterocycles. The van der Waals surface area contributed by atoms with E-state index in [1.165, 1.54) is 17.0 Å². The summed E-state index contributed by atoms with van der Waals surface area (Å²) in [4.78, 5) is 31.8. The third kappa shape index (κ3) is 6.50. The first-order chi connectivity index (χ1) is 19.8. The highest BCUT2D eigenvalue weighted by molar-refractivity contribution is 5.79. The van der Waals surface area contributed by atoms with Crippen LogP contribution in [0.3, 0.4) is 0 Å². The SMILES string of the molecule is CC(C)N(C)C(=O)OCOc1ccnc(N(C)C2CCN(c3nc4ccccc4n3Cc3ccc(F)cc3)CC2)n1. The van der Waals surface area contributed by atoms with E-state index < -0.39 is 6.09 Å². The van der Waals surface area contributed by atoms with E-state index in [-0.39, 0.29) is 24.7 Å². The Hall–Kier alpha value is -4.41. The number of fused-ring (bicyclic) bond motifs is 1. The molecule has 2 aromatic carbocycles. The van der Waals surface area contributed by atoms with Crippen LogP contribution in [-0.2, 0) is 11.3 Å². The van der Waals surface area contributed by atoms with E-state index >= 15 is 0 Å². The fraction of sp³-hybridized carbons (Fsp3) is 0.400. The van der Waals surface area contributed by atoms with Gasteiger partial charge in [0.2, 0.25) is 24.6 Å². The number of para-hydroxylation sites is 2. The molecule has 0 saturated carbocycles. The molecule has 1 aliphatic rings. The van der Waals surface area contributed by atoms with E-state index in [2.05, 4.69) is 30.4 Å². The summed E-state index contributed by atoms with van der Waals surface area (Å²) in [6, 6.07) is 16.6. The number of carbonyl (C=O) groups is 1. The van der Waals surface area contributed by atoms with Gasteiger partial charge in [-0.2, -0.15) is 4.98 Å². The number of hydrogen-bond acceptors (Lipinski definition) is 8. The van der Waals surface area contributed by atoms with Crippen LogP contribution in [0.2, 0.25) is 0 Å². The number of anilines is 2. The third-order valence-electron chi connectivity index (χ3n) is 7.57. The van der Waals surface area contributed by atoms with Crippen LogP contribution in [0.25, 0.3) is 11.0 Å². The number of benzene rings is 2. The van der Waals surface area contributed by atoms with Crippen LogP contribution in [-0.4, -0.2) is 76.6 Å². The number of piperidine rings is 1. The lowest BCUT2D eigenvalue weighted by Gasteiger charge is -2.37. The van der Waals surface area contributed by atoms with Crippen LogP contribution >= 0.6 is 0 Å². The van der Waals surface area contributed by atoms with Gasteiger partial charge in [-0.15, -0.1) is 0 Å². The number of hydrogen-bond donors (Lipinski definition) is 0. The van der Waals surface area contributed by atoms with Crippen LogP contribution < -0.4 is 14.5 Å². The van der Waals surface area contributed by atoms with Gasteiger partial charge in [0, 0.05) is 51.5 Å². The normalized spacial score (nSPS) is 14.0. The molecule has 5 rings (SSSR count). The smallest absolute Gasteiger partial charge is 0.412 e.